The van der Waals surface area contributed by atoms with Gasteiger partial charge in [0.1, 0.15) is 0 Å². The van der Waals surface area contributed by atoms with Crippen LogP contribution in [0.25, 0.3) is 0 Å². The number of nitrogens with zero attached hydrogens (tertiary/aromatic N) is 1. The third kappa shape index (κ3) is 11.3. The van der Waals surface area contributed by atoms with Crippen LogP contribution in [-0.2, 0) is 0 Å². The molecule has 0 aromatic heterocycles. The topological polar surface area (TPSA) is 43.2 Å². The van der Waals surface area contributed by atoms with E-state index in [9.17, 15) is 4.79 Å². The second kappa shape index (κ2) is 12.3. The second-order valence-electron chi connectivity index (χ2n) is 4.19. The number of carbonyl (C=O) groups is 1. The van der Waals surface area contributed by atoms with Gasteiger partial charge < -0.3 is 5.32 Å². The van der Waals surface area contributed by atoms with E-state index in [1.807, 2.05) is 6.92 Å². The number of hydrogen-bond donors (Lipinski definition) is 1. The van der Waals surface area contributed by atoms with E-state index in [1.54, 1.807) is 0 Å². The van der Waals surface area contributed by atoms with Gasteiger partial charge in [-0.25, -0.2) is 10.1 Å². The van der Waals surface area contributed by atoms with Gasteiger partial charge in [0.2, 0.25) is 0 Å². The average molecular weight is 227 g/mol. The molecular weight excluding hydrogens is 200 g/mol. The summed E-state index contributed by atoms with van der Waals surface area (Å²) >= 11 is 0. The Morgan fingerprint density at radius 1 is 0.938 bits per heavy atom. The molecule has 0 aliphatic rings. The largest absolute Gasteiger partial charge is 0.337 e. The molecule has 0 fully saturated rings. The van der Waals surface area contributed by atoms with Crippen molar-refractivity contribution in [2.75, 3.05) is 13.1 Å². The van der Waals surface area contributed by atoms with Crippen molar-refractivity contribution < 1.29 is 4.79 Å². The van der Waals surface area contributed by atoms with Crippen LogP contribution in [0, 0.1) is 0 Å². The SMILES string of the molecule is CCCCCCCCCC[N]C(=O)NCC. The molecule has 3 nitrogen and oxygen atoms in total. The first-order chi connectivity index (χ1) is 7.81. The smallest absolute Gasteiger partial charge is 0.336 e. The highest BCUT2D eigenvalue weighted by atomic mass is 16.2. The highest BCUT2D eigenvalue weighted by Crippen LogP contribution is 2.07. The summed E-state index contributed by atoms with van der Waals surface area (Å²) in [7, 11) is 0. The number of carbonyl (C=O) groups excluding carboxylic acids is 1. The van der Waals surface area contributed by atoms with Gasteiger partial charge in [0.05, 0.1) is 0 Å². The maximum Gasteiger partial charge on any atom is 0.336 e. The van der Waals surface area contributed by atoms with Crippen molar-refractivity contribution in [3.63, 3.8) is 0 Å². The molecule has 0 rings (SSSR count). The molecule has 0 aliphatic heterocycles. The first-order valence-electron chi connectivity index (χ1n) is 6.76. The first-order valence-corrected chi connectivity index (χ1v) is 6.76. The molecular formula is C13H27N2O. The zero-order valence-electron chi connectivity index (χ0n) is 10.9. The summed E-state index contributed by atoms with van der Waals surface area (Å²) in [6.07, 6.45) is 10.3. The number of nitrogens with one attached hydrogen (secondary N) is 1. The minimum atomic E-state index is -0.162. The Hall–Kier alpha value is -0.730. The fourth-order valence-electron chi connectivity index (χ4n) is 1.63. The van der Waals surface area contributed by atoms with Crippen molar-refractivity contribution in [2.45, 2.75) is 65.2 Å². The Labute approximate surface area is 100 Å². The van der Waals surface area contributed by atoms with Crippen LogP contribution in [0.1, 0.15) is 65.2 Å². The third-order valence-corrected chi connectivity index (χ3v) is 2.60. The molecule has 0 aliphatic carbocycles. The molecule has 0 atom stereocenters. The highest BCUT2D eigenvalue weighted by molar-refractivity contribution is 5.73. The van der Waals surface area contributed by atoms with Crippen LogP contribution in [0.15, 0.2) is 0 Å². The lowest BCUT2D eigenvalue weighted by Crippen LogP contribution is -2.30. The molecule has 0 unspecified atom stereocenters. The summed E-state index contributed by atoms with van der Waals surface area (Å²) in [6, 6.07) is -0.162. The number of urea groups is 1. The molecule has 16 heavy (non-hydrogen) atoms. The number of unbranched alkanes of at least 4 members (excludes halogenated alkanes) is 7. The number of hydrogen-bond acceptors (Lipinski definition) is 1. The molecule has 2 amide bonds. The quantitative estimate of drug-likeness (QED) is 0.571. The van der Waals surface area contributed by atoms with Gasteiger partial charge in [0, 0.05) is 13.1 Å². The summed E-state index contributed by atoms with van der Waals surface area (Å²) in [5, 5.41) is 6.58. The van der Waals surface area contributed by atoms with Gasteiger partial charge >= 0.3 is 6.03 Å². The molecule has 0 bridgehead atoms. The molecule has 0 saturated heterocycles. The Morgan fingerprint density at radius 3 is 2.06 bits per heavy atom. The lowest BCUT2D eigenvalue weighted by Gasteiger charge is -2.03. The Kier molecular flexibility index (Phi) is 11.8. The minimum Gasteiger partial charge on any atom is -0.337 e. The molecule has 1 N–H and O–H groups in total. The van der Waals surface area contributed by atoms with Crippen LogP contribution in [0.3, 0.4) is 0 Å². The number of amides is 2. The van der Waals surface area contributed by atoms with E-state index >= 15 is 0 Å². The number of rotatable bonds is 10. The normalized spacial score (nSPS) is 10.1. The summed E-state index contributed by atoms with van der Waals surface area (Å²) in [5.74, 6) is 0. The predicted octanol–water partition coefficient (Wildman–Crippen LogP) is 3.46. The summed E-state index contributed by atoms with van der Waals surface area (Å²) in [5.41, 5.74) is 0. The van der Waals surface area contributed by atoms with E-state index in [0.29, 0.717) is 13.1 Å². The maximum absolute atomic E-state index is 11.0. The predicted molar refractivity (Wildman–Crippen MR) is 68.7 cm³/mol. The second-order valence-corrected chi connectivity index (χ2v) is 4.19. The highest BCUT2D eigenvalue weighted by Gasteiger charge is 1.98. The van der Waals surface area contributed by atoms with Crippen molar-refractivity contribution in [2.24, 2.45) is 0 Å². The van der Waals surface area contributed by atoms with Crippen LogP contribution in [0.5, 0.6) is 0 Å². The van der Waals surface area contributed by atoms with Gasteiger partial charge in [-0.1, -0.05) is 51.9 Å². The fraction of sp³-hybridized carbons (Fsp3) is 0.923. The van der Waals surface area contributed by atoms with E-state index in [4.69, 9.17) is 0 Å². The molecule has 3 heteroatoms. The zero-order valence-corrected chi connectivity index (χ0v) is 10.9. The molecule has 0 aromatic carbocycles. The van der Waals surface area contributed by atoms with E-state index in [1.165, 1.54) is 44.9 Å². The molecule has 0 heterocycles. The van der Waals surface area contributed by atoms with Crippen LogP contribution >= 0.6 is 0 Å². The van der Waals surface area contributed by atoms with Gasteiger partial charge in [-0.3, -0.25) is 0 Å². The van der Waals surface area contributed by atoms with E-state index in [0.717, 1.165) is 6.42 Å². The van der Waals surface area contributed by atoms with E-state index in [2.05, 4.69) is 17.6 Å². The molecule has 95 valence electrons. The van der Waals surface area contributed by atoms with Gasteiger partial charge in [0.25, 0.3) is 0 Å². The zero-order chi connectivity index (χ0) is 12.1. The Balaban J connectivity index is 3.01. The van der Waals surface area contributed by atoms with Gasteiger partial charge in [0.15, 0.2) is 0 Å². The van der Waals surface area contributed by atoms with Crippen LogP contribution in [0.4, 0.5) is 4.79 Å². The van der Waals surface area contributed by atoms with Gasteiger partial charge in [-0.15, -0.1) is 0 Å². The van der Waals surface area contributed by atoms with Crippen LogP contribution < -0.4 is 10.6 Å². The lowest BCUT2D eigenvalue weighted by molar-refractivity contribution is 0.240. The van der Waals surface area contributed by atoms with Crippen LogP contribution in [0.2, 0.25) is 0 Å². The first kappa shape index (κ1) is 15.3. The lowest BCUT2D eigenvalue weighted by atomic mass is 10.1. The van der Waals surface area contributed by atoms with Gasteiger partial charge in [-0.2, -0.15) is 0 Å². The minimum absolute atomic E-state index is 0.162. The summed E-state index contributed by atoms with van der Waals surface area (Å²) in [4.78, 5) is 11.0. The van der Waals surface area contributed by atoms with Crippen molar-refractivity contribution >= 4 is 6.03 Å². The Bertz CT molecular complexity index is 160. The fourth-order valence-corrected chi connectivity index (χ4v) is 1.63. The maximum atomic E-state index is 11.0. The molecule has 0 aromatic rings. The summed E-state index contributed by atoms with van der Waals surface area (Å²) < 4.78 is 0. The Morgan fingerprint density at radius 2 is 1.50 bits per heavy atom. The molecule has 1 radical (unpaired) electrons. The average Bonchev–Trinajstić information content (AvgIpc) is 2.27. The summed E-state index contributed by atoms with van der Waals surface area (Å²) in [6.45, 7) is 5.49. The molecule has 0 spiro atoms. The van der Waals surface area contributed by atoms with E-state index < -0.39 is 0 Å². The monoisotopic (exact) mass is 227 g/mol. The van der Waals surface area contributed by atoms with Crippen molar-refractivity contribution in [3.05, 3.63) is 0 Å². The van der Waals surface area contributed by atoms with Crippen molar-refractivity contribution in [1.29, 1.82) is 0 Å². The van der Waals surface area contributed by atoms with E-state index in [-0.39, 0.29) is 6.03 Å². The van der Waals surface area contributed by atoms with Crippen LogP contribution in [-0.4, -0.2) is 19.1 Å². The standard InChI is InChI=1S/C13H27N2O/c1-3-5-6-7-8-9-10-11-12-15-13(16)14-4-2/h3-12H2,1-2H3,(H,14,16). The third-order valence-electron chi connectivity index (χ3n) is 2.60. The van der Waals surface area contributed by atoms with Crippen molar-refractivity contribution in [1.82, 2.24) is 10.6 Å². The van der Waals surface area contributed by atoms with Gasteiger partial charge in [-0.05, 0) is 13.3 Å². The molecule has 0 saturated carbocycles. The van der Waals surface area contributed by atoms with Crippen molar-refractivity contribution in [3.8, 4) is 0 Å².